The van der Waals surface area contributed by atoms with E-state index < -0.39 is 17.7 Å². The Labute approximate surface area is 148 Å². The summed E-state index contributed by atoms with van der Waals surface area (Å²) in [5.41, 5.74) is 1.98. The van der Waals surface area contributed by atoms with Crippen LogP contribution in [-0.4, -0.2) is 11.0 Å². The minimum Gasteiger partial charge on any atom is -0.351 e. The van der Waals surface area contributed by atoms with E-state index in [1.165, 1.54) is 36.4 Å². The fourth-order valence-corrected chi connectivity index (χ4v) is 2.93. The number of hydrogen-bond acceptors (Lipinski definition) is 2. The Balaban J connectivity index is 1.94. The molecular formula is C18H15F2N3OS. The van der Waals surface area contributed by atoms with Crippen LogP contribution < -0.4 is 16.0 Å². The van der Waals surface area contributed by atoms with Crippen LogP contribution in [0.1, 0.15) is 18.5 Å². The van der Waals surface area contributed by atoms with Crippen molar-refractivity contribution in [2.45, 2.75) is 13.0 Å². The van der Waals surface area contributed by atoms with E-state index in [4.69, 9.17) is 12.2 Å². The Kier molecular flexibility index (Phi) is 4.76. The third-order valence-corrected chi connectivity index (χ3v) is 4.02. The van der Waals surface area contributed by atoms with Crippen molar-refractivity contribution in [2.24, 2.45) is 0 Å². The fourth-order valence-electron chi connectivity index (χ4n) is 2.66. The number of carbonyl (C=O) groups is 1. The molecule has 1 heterocycles. The number of carbonyl (C=O) groups excluding carboxylic acids is 1. The zero-order valence-corrected chi connectivity index (χ0v) is 14.1. The van der Waals surface area contributed by atoms with Crippen molar-refractivity contribution >= 4 is 28.9 Å². The molecule has 3 N–H and O–H groups in total. The van der Waals surface area contributed by atoms with Gasteiger partial charge < -0.3 is 16.0 Å². The Hall–Kier alpha value is -2.80. The van der Waals surface area contributed by atoms with Crippen LogP contribution >= 0.6 is 12.2 Å². The molecule has 0 saturated carbocycles. The van der Waals surface area contributed by atoms with Gasteiger partial charge in [-0.1, -0.05) is 12.1 Å². The fraction of sp³-hybridized carbons (Fsp3) is 0.111. The summed E-state index contributed by atoms with van der Waals surface area (Å²) in [6, 6.07) is 10.8. The normalized spacial score (nSPS) is 16.9. The molecule has 0 bridgehead atoms. The molecule has 1 aliphatic heterocycles. The molecule has 0 radical (unpaired) electrons. The van der Waals surface area contributed by atoms with Gasteiger partial charge in [-0.3, -0.25) is 4.79 Å². The average Bonchev–Trinajstić information content (AvgIpc) is 2.56. The summed E-state index contributed by atoms with van der Waals surface area (Å²) in [4.78, 5) is 12.8. The molecule has 0 saturated heterocycles. The number of thiocarbonyl (C=S) groups is 1. The van der Waals surface area contributed by atoms with Gasteiger partial charge in [-0.2, -0.15) is 0 Å². The molecule has 0 spiro atoms. The van der Waals surface area contributed by atoms with Gasteiger partial charge in [-0.05, 0) is 61.1 Å². The quantitative estimate of drug-likeness (QED) is 0.736. The molecule has 1 aliphatic rings. The summed E-state index contributed by atoms with van der Waals surface area (Å²) in [5, 5.41) is 8.97. The molecule has 7 heteroatoms. The predicted octanol–water partition coefficient (Wildman–Crippen LogP) is 3.40. The zero-order valence-electron chi connectivity index (χ0n) is 13.3. The van der Waals surface area contributed by atoms with E-state index in [-0.39, 0.29) is 5.91 Å². The first-order chi connectivity index (χ1) is 11.9. The van der Waals surface area contributed by atoms with Crippen molar-refractivity contribution in [2.75, 3.05) is 5.32 Å². The molecule has 128 valence electrons. The van der Waals surface area contributed by atoms with Gasteiger partial charge >= 0.3 is 0 Å². The van der Waals surface area contributed by atoms with E-state index in [1.54, 1.807) is 19.1 Å². The van der Waals surface area contributed by atoms with Gasteiger partial charge in [0.25, 0.3) is 5.91 Å². The molecule has 1 amide bonds. The molecule has 1 unspecified atom stereocenters. The molecule has 25 heavy (non-hydrogen) atoms. The largest absolute Gasteiger partial charge is 0.351 e. The van der Waals surface area contributed by atoms with Crippen molar-refractivity contribution in [3.8, 4) is 0 Å². The highest BCUT2D eigenvalue weighted by Gasteiger charge is 2.30. The van der Waals surface area contributed by atoms with Crippen LogP contribution in [0.5, 0.6) is 0 Å². The molecule has 4 nitrogen and oxygen atoms in total. The van der Waals surface area contributed by atoms with Crippen LogP contribution in [0.4, 0.5) is 14.5 Å². The van der Waals surface area contributed by atoms with E-state index in [0.29, 0.717) is 27.6 Å². The lowest BCUT2D eigenvalue weighted by Gasteiger charge is -2.30. The molecule has 0 fully saturated rings. The lowest BCUT2D eigenvalue weighted by Crippen LogP contribution is -2.45. The Bertz CT molecular complexity index is 865. The van der Waals surface area contributed by atoms with E-state index in [1.807, 2.05) is 0 Å². The number of halogens is 2. The second-order valence-electron chi connectivity index (χ2n) is 5.59. The van der Waals surface area contributed by atoms with Crippen LogP contribution in [-0.2, 0) is 4.79 Å². The molecule has 1 atom stereocenters. The van der Waals surface area contributed by atoms with Crippen molar-refractivity contribution in [3.63, 3.8) is 0 Å². The van der Waals surface area contributed by atoms with Crippen LogP contribution in [0.3, 0.4) is 0 Å². The second kappa shape index (κ2) is 6.98. The lowest BCUT2D eigenvalue weighted by molar-refractivity contribution is -0.113. The molecular weight excluding hydrogens is 344 g/mol. The molecule has 0 aliphatic carbocycles. The van der Waals surface area contributed by atoms with E-state index >= 15 is 0 Å². The van der Waals surface area contributed by atoms with Crippen molar-refractivity contribution in [3.05, 3.63) is 77.0 Å². The van der Waals surface area contributed by atoms with Gasteiger partial charge in [0.15, 0.2) is 5.11 Å². The Morgan fingerprint density at radius 2 is 1.84 bits per heavy atom. The van der Waals surface area contributed by atoms with Gasteiger partial charge in [-0.15, -0.1) is 0 Å². The molecule has 0 aromatic heterocycles. The zero-order chi connectivity index (χ0) is 18.0. The third kappa shape index (κ3) is 3.83. The second-order valence-corrected chi connectivity index (χ2v) is 5.99. The maximum Gasteiger partial charge on any atom is 0.255 e. The summed E-state index contributed by atoms with van der Waals surface area (Å²) in [6.45, 7) is 1.72. The Morgan fingerprint density at radius 3 is 2.52 bits per heavy atom. The van der Waals surface area contributed by atoms with Gasteiger partial charge in [0.1, 0.15) is 11.6 Å². The first-order valence-electron chi connectivity index (χ1n) is 7.54. The summed E-state index contributed by atoms with van der Waals surface area (Å²) in [7, 11) is 0. The van der Waals surface area contributed by atoms with Crippen LogP contribution in [0.25, 0.3) is 0 Å². The minimum atomic E-state index is -0.593. The van der Waals surface area contributed by atoms with Gasteiger partial charge in [0, 0.05) is 11.4 Å². The van der Waals surface area contributed by atoms with E-state index in [9.17, 15) is 13.6 Å². The predicted molar refractivity (Wildman–Crippen MR) is 95.7 cm³/mol. The number of hydrogen-bond donors (Lipinski definition) is 3. The van der Waals surface area contributed by atoms with Crippen LogP contribution in [0.15, 0.2) is 59.8 Å². The van der Waals surface area contributed by atoms with E-state index in [0.717, 1.165) is 0 Å². The van der Waals surface area contributed by atoms with Gasteiger partial charge in [0.2, 0.25) is 0 Å². The first kappa shape index (κ1) is 17.0. The summed E-state index contributed by atoms with van der Waals surface area (Å²) >= 11 is 5.15. The highest BCUT2D eigenvalue weighted by molar-refractivity contribution is 7.80. The highest BCUT2D eigenvalue weighted by Crippen LogP contribution is 2.28. The Morgan fingerprint density at radius 1 is 1.12 bits per heavy atom. The number of rotatable bonds is 3. The van der Waals surface area contributed by atoms with Crippen molar-refractivity contribution in [1.29, 1.82) is 0 Å². The maximum atomic E-state index is 13.6. The number of allylic oxidation sites excluding steroid dienone is 1. The van der Waals surface area contributed by atoms with Gasteiger partial charge in [-0.25, -0.2) is 8.78 Å². The molecule has 2 aromatic carbocycles. The molecule has 2 aromatic rings. The minimum absolute atomic E-state index is 0.352. The number of amides is 1. The van der Waals surface area contributed by atoms with Crippen LogP contribution in [0, 0.1) is 11.6 Å². The highest BCUT2D eigenvalue weighted by atomic mass is 32.1. The van der Waals surface area contributed by atoms with Crippen molar-refractivity contribution in [1.82, 2.24) is 10.6 Å². The summed E-state index contributed by atoms with van der Waals surface area (Å²) in [5.74, 6) is -1.18. The molecule has 3 rings (SSSR count). The number of anilines is 1. The maximum absolute atomic E-state index is 13.6. The van der Waals surface area contributed by atoms with Crippen LogP contribution in [0.2, 0.25) is 0 Å². The summed E-state index contributed by atoms with van der Waals surface area (Å²) < 4.78 is 26.6. The number of nitrogens with one attached hydrogen (secondary N) is 3. The third-order valence-electron chi connectivity index (χ3n) is 3.80. The SMILES string of the molecule is CC1=C(C(=O)Nc2ccc(F)cc2)C(c2cccc(F)c2)NC(=S)N1. The topological polar surface area (TPSA) is 53.2 Å². The smallest absolute Gasteiger partial charge is 0.255 e. The van der Waals surface area contributed by atoms with Crippen molar-refractivity contribution < 1.29 is 13.6 Å². The monoisotopic (exact) mass is 359 g/mol. The standard InChI is InChI=1S/C18H15F2N3OS/c1-10-15(17(24)22-14-7-5-12(19)6-8-14)16(23-18(25)21-10)11-3-2-4-13(20)9-11/h2-9,16H,1H3,(H,22,24)(H2,21,23,25). The lowest BCUT2D eigenvalue weighted by atomic mass is 9.95. The van der Waals surface area contributed by atoms with Gasteiger partial charge in [0.05, 0.1) is 11.6 Å². The average molecular weight is 359 g/mol. The first-order valence-corrected chi connectivity index (χ1v) is 7.95. The summed E-state index contributed by atoms with van der Waals surface area (Å²) in [6.07, 6.45) is 0. The number of benzene rings is 2. The van der Waals surface area contributed by atoms with E-state index in [2.05, 4.69) is 16.0 Å².